The Morgan fingerprint density at radius 1 is 0.410 bits per heavy atom. The van der Waals surface area contributed by atoms with E-state index in [0.29, 0.717) is 0 Å². The lowest BCUT2D eigenvalue weighted by atomic mass is 9.58. The van der Waals surface area contributed by atoms with Crippen LogP contribution in [0.25, 0.3) is 0 Å². The monoisotopic (exact) mass is 550 g/mol. The Hall–Kier alpha value is 0.217. The average Bonchev–Trinajstić information content (AvgIpc) is 3.69. The second-order valence-electron chi connectivity index (χ2n) is 17.9. The summed E-state index contributed by atoms with van der Waals surface area (Å²) in [5.41, 5.74) is 2.32. The Kier molecular flexibility index (Phi) is 8.17. The van der Waals surface area contributed by atoms with E-state index in [1.54, 1.807) is 122 Å². The third-order valence-electron chi connectivity index (χ3n) is 16.1. The van der Waals surface area contributed by atoms with Crippen molar-refractivity contribution in [2.45, 2.75) is 166 Å². The zero-order chi connectivity index (χ0) is 26.7. The predicted octanol–water partition coefficient (Wildman–Crippen LogP) is 11.8. The van der Waals surface area contributed by atoms with E-state index in [-0.39, 0.29) is 0 Å². The van der Waals surface area contributed by atoms with Crippen molar-refractivity contribution in [3.63, 3.8) is 0 Å². The first-order valence-electron chi connectivity index (χ1n) is 18.9. The maximum atomic E-state index is 2.97. The number of hydrogen-bond acceptors (Lipinski definition) is 0. The van der Waals surface area contributed by atoms with Gasteiger partial charge in [-0.3, -0.25) is 0 Å². The number of hydrogen-bond donors (Lipinski definition) is 0. The van der Waals surface area contributed by atoms with Crippen LogP contribution in [0.3, 0.4) is 0 Å². The Balaban J connectivity index is 1.10. The molecule has 7 aliphatic rings. The lowest BCUT2D eigenvalue weighted by molar-refractivity contribution is 0.0259. The Labute approximate surface area is 245 Å². The van der Waals surface area contributed by atoms with Crippen molar-refractivity contribution in [3.05, 3.63) is 0 Å². The minimum absolute atomic E-state index is 0.920. The van der Waals surface area contributed by atoms with Gasteiger partial charge in [0, 0.05) is 0 Å². The van der Waals surface area contributed by atoms with Crippen LogP contribution < -0.4 is 0 Å². The van der Waals surface area contributed by atoms with Gasteiger partial charge in [-0.25, -0.2) is 0 Å². The molecule has 0 amide bonds. The number of fused-ring (bicyclic) bond motifs is 3. The highest BCUT2D eigenvalue weighted by atomic mass is 28.3. The average molecular weight is 551 g/mol. The first-order chi connectivity index (χ1) is 18.9. The van der Waals surface area contributed by atoms with Gasteiger partial charge in [0.15, 0.2) is 0 Å². The van der Waals surface area contributed by atoms with Crippen molar-refractivity contribution in [1.82, 2.24) is 0 Å². The van der Waals surface area contributed by atoms with E-state index >= 15 is 0 Å². The van der Waals surface area contributed by atoms with Crippen LogP contribution >= 0.6 is 0 Å². The molecule has 0 aromatic rings. The Morgan fingerprint density at radius 3 is 1.69 bits per heavy atom. The summed E-state index contributed by atoms with van der Waals surface area (Å²) < 4.78 is 0. The quantitative estimate of drug-likeness (QED) is 0.299. The van der Waals surface area contributed by atoms with Gasteiger partial charge in [0.25, 0.3) is 0 Å². The van der Waals surface area contributed by atoms with Crippen LogP contribution in [0.15, 0.2) is 0 Å². The molecule has 0 aromatic heterocycles. The third-order valence-corrected chi connectivity index (χ3v) is 21.3. The molecule has 0 N–H and O–H groups in total. The van der Waals surface area contributed by atoms with E-state index in [0.717, 1.165) is 76.6 Å². The second kappa shape index (κ2) is 11.4. The summed E-state index contributed by atoms with van der Waals surface area (Å²) in [7, 11) is -1.31. The molecule has 0 spiro atoms. The smallest absolute Gasteiger partial charge is 0.0541 e. The standard InChI is InChI=1S/C38H66Si/c1-25(2)34-24-38(36-23-28-15-10-14-27(28)22-35(34)36)39(3,4)37-21-20-32-31(18-11-19-33(32)37)30-17-9-8-16-29(30)26-12-6-5-7-13-26/h25-38H,5-24H2,1-4H3. The Bertz CT molecular complexity index is 823. The highest BCUT2D eigenvalue weighted by Crippen LogP contribution is 2.67. The molecule has 7 aliphatic carbocycles. The minimum atomic E-state index is -1.31. The fraction of sp³-hybridized carbons (Fsp3) is 1.00. The molecule has 39 heavy (non-hydrogen) atoms. The van der Waals surface area contributed by atoms with Crippen LogP contribution in [0.5, 0.6) is 0 Å². The van der Waals surface area contributed by atoms with E-state index in [1.165, 1.54) is 12.0 Å². The molecular formula is C38H66Si. The van der Waals surface area contributed by atoms with Gasteiger partial charge >= 0.3 is 0 Å². The van der Waals surface area contributed by atoms with Gasteiger partial charge in [-0.2, -0.15) is 0 Å². The van der Waals surface area contributed by atoms with Crippen LogP contribution in [-0.4, -0.2) is 8.07 Å². The third kappa shape index (κ3) is 4.99. The van der Waals surface area contributed by atoms with E-state index in [4.69, 9.17) is 0 Å². The van der Waals surface area contributed by atoms with E-state index < -0.39 is 8.07 Å². The van der Waals surface area contributed by atoms with Crippen LogP contribution in [0, 0.1) is 71.0 Å². The summed E-state index contributed by atoms with van der Waals surface area (Å²) in [6.45, 7) is 11.1. The number of rotatable bonds is 5. The summed E-state index contributed by atoms with van der Waals surface area (Å²) in [5.74, 6) is 13.2. The van der Waals surface area contributed by atoms with Gasteiger partial charge in [0.2, 0.25) is 0 Å². The van der Waals surface area contributed by atoms with Crippen molar-refractivity contribution < 1.29 is 0 Å². The lowest BCUT2D eigenvalue weighted by Crippen LogP contribution is -2.46. The molecule has 1 heteroatoms. The fourth-order valence-corrected chi connectivity index (χ4v) is 19.8. The topological polar surface area (TPSA) is 0 Å². The molecule has 7 saturated carbocycles. The highest BCUT2D eigenvalue weighted by molar-refractivity contribution is 6.80. The van der Waals surface area contributed by atoms with Gasteiger partial charge in [-0.15, -0.1) is 0 Å². The molecule has 0 aliphatic heterocycles. The second-order valence-corrected chi connectivity index (χ2v) is 23.1. The summed E-state index contributed by atoms with van der Waals surface area (Å²) in [5, 5.41) is 0. The first-order valence-corrected chi connectivity index (χ1v) is 22.1. The van der Waals surface area contributed by atoms with Crippen LogP contribution in [0.1, 0.15) is 142 Å². The van der Waals surface area contributed by atoms with Crippen molar-refractivity contribution in [2.24, 2.45) is 71.0 Å². The molecule has 7 fully saturated rings. The highest BCUT2D eigenvalue weighted by Gasteiger charge is 2.59. The van der Waals surface area contributed by atoms with Crippen LogP contribution in [0.2, 0.25) is 24.2 Å². The lowest BCUT2D eigenvalue weighted by Gasteiger charge is -2.50. The van der Waals surface area contributed by atoms with Gasteiger partial charge in [-0.1, -0.05) is 110 Å². The molecule has 0 heterocycles. The van der Waals surface area contributed by atoms with Crippen LogP contribution in [-0.2, 0) is 0 Å². The van der Waals surface area contributed by atoms with Gasteiger partial charge < -0.3 is 0 Å². The van der Waals surface area contributed by atoms with E-state index in [1.807, 2.05) is 0 Å². The van der Waals surface area contributed by atoms with Crippen molar-refractivity contribution in [3.8, 4) is 0 Å². The maximum Gasteiger partial charge on any atom is 0.0541 e. The van der Waals surface area contributed by atoms with Gasteiger partial charge in [-0.05, 0) is 127 Å². The zero-order valence-corrected chi connectivity index (χ0v) is 27.7. The summed E-state index contributed by atoms with van der Waals surface area (Å²) in [6, 6.07) is 0. The Morgan fingerprint density at radius 2 is 0.949 bits per heavy atom. The van der Waals surface area contributed by atoms with Crippen molar-refractivity contribution in [1.29, 1.82) is 0 Å². The summed E-state index contributed by atoms with van der Waals surface area (Å²) in [4.78, 5) is 0. The van der Waals surface area contributed by atoms with Gasteiger partial charge in [0.05, 0.1) is 8.07 Å². The predicted molar refractivity (Wildman–Crippen MR) is 171 cm³/mol. The zero-order valence-electron chi connectivity index (χ0n) is 26.7. The molecular weight excluding hydrogens is 485 g/mol. The van der Waals surface area contributed by atoms with E-state index in [2.05, 4.69) is 26.9 Å². The molecule has 0 aromatic carbocycles. The van der Waals surface area contributed by atoms with Crippen molar-refractivity contribution >= 4 is 8.07 Å². The normalized spacial score (nSPS) is 49.2. The first kappa shape index (κ1) is 28.0. The SMILES string of the molecule is CC(C)C1CC([Si](C)(C)C2CCC3C(C4CCCCC4C4CCCCC4)CCCC32)C2CC3CCCC3CC12. The molecule has 0 radical (unpaired) electrons. The molecule has 12 atom stereocenters. The maximum absolute atomic E-state index is 2.97. The molecule has 0 saturated heterocycles. The largest absolute Gasteiger partial charge is 0.0689 e. The summed E-state index contributed by atoms with van der Waals surface area (Å²) in [6.07, 6.45) is 32.0. The van der Waals surface area contributed by atoms with Crippen LogP contribution in [0.4, 0.5) is 0 Å². The molecule has 0 bridgehead atoms. The van der Waals surface area contributed by atoms with E-state index in [9.17, 15) is 0 Å². The molecule has 7 rings (SSSR count). The van der Waals surface area contributed by atoms with Crippen molar-refractivity contribution in [2.75, 3.05) is 0 Å². The molecule has 222 valence electrons. The minimum Gasteiger partial charge on any atom is -0.0689 e. The van der Waals surface area contributed by atoms with Gasteiger partial charge in [0.1, 0.15) is 0 Å². The summed E-state index contributed by atoms with van der Waals surface area (Å²) >= 11 is 0. The molecule has 12 unspecified atom stereocenters. The molecule has 0 nitrogen and oxygen atoms in total. The fourth-order valence-electron chi connectivity index (χ4n) is 14.4.